The van der Waals surface area contributed by atoms with Crippen molar-refractivity contribution >= 4 is 34.7 Å². The number of aryl methyl sites for hydroxylation is 1. The molecule has 3 aliphatic rings. The zero-order chi connectivity index (χ0) is 31.9. The fraction of sp³-hybridized carbons (Fsp3) is 0.444. The van der Waals surface area contributed by atoms with Crippen LogP contribution >= 0.6 is 11.3 Å². The van der Waals surface area contributed by atoms with Crippen molar-refractivity contribution < 1.29 is 19.1 Å². The van der Waals surface area contributed by atoms with Crippen LogP contribution in [0.1, 0.15) is 42.7 Å². The summed E-state index contributed by atoms with van der Waals surface area (Å²) in [6.07, 6.45) is 8.08. The number of thiazole rings is 1. The molecule has 2 saturated heterocycles. The van der Waals surface area contributed by atoms with E-state index in [1.165, 1.54) is 0 Å². The Hall–Kier alpha value is -3.86. The number of piperidine rings is 1. The number of hydrogen-bond donors (Lipinski definition) is 3. The van der Waals surface area contributed by atoms with Crippen LogP contribution in [0.4, 0.5) is 5.69 Å². The van der Waals surface area contributed by atoms with Gasteiger partial charge in [-0.2, -0.15) is 0 Å². The molecule has 2 aromatic carbocycles. The van der Waals surface area contributed by atoms with Crippen molar-refractivity contribution in [2.24, 2.45) is 11.3 Å². The molecule has 0 radical (unpaired) electrons. The molecular formula is C36H43N5O4S. The van der Waals surface area contributed by atoms with E-state index in [-0.39, 0.29) is 36.2 Å². The maximum atomic E-state index is 13.9. The molecule has 1 spiro atoms. The van der Waals surface area contributed by atoms with Gasteiger partial charge in [0.1, 0.15) is 6.04 Å². The maximum Gasteiger partial charge on any atom is 0.243 e. The quantitative estimate of drug-likeness (QED) is 0.336. The number of carbonyl (C=O) groups is 3. The van der Waals surface area contributed by atoms with Gasteiger partial charge in [0.2, 0.25) is 17.7 Å². The zero-order valence-electron chi connectivity index (χ0n) is 26.4. The highest BCUT2D eigenvalue weighted by Gasteiger charge is 2.41. The second-order valence-electron chi connectivity index (χ2n) is 12.8. The van der Waals surface area contributed by atoms with Crippen LogP contribution in [-0.4, -0.2) is 72.5 Å². The second kappa shape index (κ2) is 14.7. The molecular weight excluding hydrogens is 598 g/mol. The average Bonchev–Trinajstić information content (AvgIpc) is 3.50. The minimum absolute atomic E-state index is 0.0543. The molecule has 0 bridgehead atoms. The molecule has 0 aliphatic carbocycles. The van der Waals surface area contributed by atoms with Gasteiger partial charge in [0.25, 0.3) is 0 Å². The molecule has 2 fully saturated rings. The van der Waals surface area contributed by atoms with Gasteiger partial charge in [-0.05, 0) is 62.6 Å². The van der Waals surface area contributed by atoms with Crippen LogP contribution in [0, 0.1) is 18.3 Å². The van der Waals surface area contributed by atoms with E-state index in [1.807, 2.05) is 66.9 Å². The molecule has 3 aromatic rings. The minimum atomic E-state index is -0.675. The Morgan fingerprint density at radius 3 is 2.70 bits per heavy atom. The molecule has 242 valence electrons. The third kappa shape index (κ3) is 7.92. The van der Waals surface area contributed by atoms with Crippen LogP contribution in [-0.2, 0) is 25.5 Å². The van der Waals surface area contributed by atoms with Crippen LogP contribution in [0.2, 0.25) is 0 Å². The maximum absolute atomic E-state index is 13.9. The number of aromatic nitrogens is 1. The van der Waals surface area contributed by atoms with Crippen LogP contribution in [0.25, 0.3) is 11.3 Å². The van der Waals surface area contributed by atoms with E-state index in [2.05, 4.69) is 38.0 Å². The lowest BCUT2D eigenvalue weighted by atomic mass is 9.75. The number of anilines is 1. The van der Waals surface area contributed by atoms with E-state index in [1.54, 1.807) is 11.3 Å². The SMILES string of the molecule is Cc1nc(-c2cccc(NC(=O)CN3CC[C@H]4NC(=O)[C@H](Cc5ccccc5)NC(=O)C5(C/C=C/C[C@H]4C3)CCOCC5)c2)cs1. The van der Waals surface area contributed by atoms with E-state index >= 15 is 0 Å². The van der Waals surface area contributed by atoms with E-state index in [0.29, 0.717) is 52.0 Å². The number of hydrogen-bond acceptors (Lipinski definition) is 7. The van der Waals surface area contributed by atoms with E-state index in [4.69, 9.17) is 4.74 Å². The Morgan fingerprint density at radius 1 is 1.09 bits per heavy atom. The summed E-state index contributed by atoms with van der Waals surface area (Å²) in [5.41, 5.74) is 3.04. The van der Waals surface area contributed by atoms with E-state index in [9.17, 15) is 14.4 Å². The van der Waals surface area contributed by atoms with Crippen LogP contribution in [0.15, 0.2) is 72.1 Å². The van der Waals surface area contributed by atoms with Crippen LogP contribution in [0.5, 0.6) is 0 Å². The number of rotatable bonds is 6. The molecule has 3 atom stereocenters. The molecule has 0 saturated carbocycles. The number of ether oxygens (including phenoxy) is 1. The fourth-order valence-corrected chi connectivity index (χ4v) is 7.48. The van der Waals surface area contributed by atoms with E-state index in [0.717, 1.165) is 40.4 Å². The Kier molecular flexibility index (Phi) is 10.3. The topological polar surface area (TPSA) is 113 Å². The highest BCUT2D eigenvalue weighted by molar-refractivity contribution is 7.09. The van der Waals surface area contributed by atoms with E-state index < -0.39 is 11.5 Å². The highest BCUT2D eigenvalue weighted by atomic mass is 32.1. The molecule has 10 heteroatoms. The third-order valence-electron chi connectivity index (χ3n) is 9.52. The van der Waals surface area contributed by atoms with Crippen molar-refractivity contribution in [3.05, 3.63) is 82.7 Å². The van der Waals surface area contributed by atoms with Crippen molar-refractivity contribution in [3.8, 4) is 11.3 Å². The first-order valence-corrected chi connectivity index (χ1v) is 17.2. The van der Waals surface area contributed by atoms with Gasteiger partial charge in [0.15, 0.2) is 0 Å². The number of carbonyl (C=O) groups excluding carboxylic acids is 3. The smallest absolute Gasteiger partial charge is 0.243 e. The van der Waals surface area contributed by atoms with Crippen molar-refractivity contribution in [1.82, 2.24) is 20.5 Å². The lowest BCUT2D eigenvalue weighted by molar-refractivity contribution is -0.140. The zero-order valence-corrected chi connectivity index (χ0v) is 27.2. The summed E-state index contributed by atoms with van der Waals surface area (Å²) in [6.45, 7) is 4.71. The summed E-state index contributed by atoms with van der Waals surface area (Å²) in [6, 6.07) is 16.9. The van der Waals surface area contributed by atoms with Crippen molar-refractivity contribution in [2.45, 2.75) is 57.5 Å². The third-order valence-corrected chi connectivity index (χ3v) is 10.3. The largest absolute Gasteiger partial charge is 0.381 e. The van der Waals surface area contributed by atoms with Gasteiger partial charge in [-0.1, -0.05) is 54.6 Å². The first kappa shape index (κ1) is 32.1. The number of nitrogens with one attached hydrogen (secondary N) is 3. The summed E-state index contributed by atoms with van der Waals surface area (Å²) in [4.78, 5) is 47.5. The van der Waals surface area contributed by atoms with Gasteiger partial charge in [-0.25, -0.2) is 4.98 Å². The molecule has 46 heavy (non-hydrogen) atoms. The van der Waals surface area contributed by atoms with Gasteiger partial charge in [-0.3, -0.25) is 19.3 Å². The molecule has 3 amide bonds. The number of allylic oxidation sites excluding steroid dienone is 2. The monoisotopic (exact) mass is 641 g/mol. The second-order valence-corrected chi connectivity index (χ2v) is 13.9. The number of nitrogens with zero attached hydrogens (tertiary/aromatic N) is 2. The molecule has 6 rings (SSSR count). The Balaban J connectivity index is 1.14. The first-order valence-electron chi connectivity index (χ1n) is 16.3. The number of fused-ring (bicyclic) bond motifs is 1. The van der Waals surface area contributed by atoms with Crippen molar-refractivity contribution in [3.63, 3.8) is 0 Å². The van der Waals surface area contributed by atoms with Gasteiger partial charge >= 0.3 is 0 Å². The standard InChI is InChI=1S/C36H43N5O4S/c1-25-37-32(24-46-25)27-11-7-12-29(21-27)38-33(42)23-41-17-13-30-28(22-41)10-5-6-14-36(15-18-45-19-16-36)35(44)40-31(34(43)39-30)20-26-8-3-2-4-9-26/h2-9,11-12,21,24,28,30-31H,10,13-20,22-23H2,1H3,(H,38,42)(H,39,43)(H,40,44)/b6-5+/t28-,30+,31-/m0/s1. The fourth-order valence-electron chi connectivity index (χ4n) is 6.86. The molecule has 3 N–H and O–H groups in total. The number of amides is 3. The first-order chi connectivity index (χ1) is 22.4. The Labute approximate surface area is 274 Å². The summed E-state index contributed by atoms with van der Waals surface area (Å²) in [5, 5.41) is 12.6. The molecule has 0 unspecified atom stereocenters. The highest BCUT2D eigenvalue weighted by Crippen LogP contribution is 2.36. The van der Waals surface area contributed by atoms with Crippen molar-refractivity contribution in [1.29, 1.82) is 0 Å². The van der Waals surface area contributed by atoms with Gasteiger partial charge in [0.05, 0.1) is 22.7 Å². The van der Waals surface area contributed by atoms with Gasteiger partial charge < -0.3 is 20.7 Å². The summed E-state index contributed by atoms with van der Waals surface area (Å²) >= 11 is 1.61. The molecule has 9 nitrogen and oxygen atoms in total. The molecule has 1 aromatic heterocycles. The summed E-state index contributed by atoms with van der Waals surface area (Å²) in [7, 11) is 0. The predicted octanol–water partition coefficient (Wildman–Crippen LogP) is 4.74. The number of likely N-dealkylation sites (tertiary alicyclic amines) is 1. The van der Waals surface area contributed by atoms with Crippen LogP contribution in [0.3, 0.4) is 0 Å². The summed E-state index contributed by atoms with van der Waals surface area (Å²) < 4.78 is 5.62. The van der Waals surface area contributed by atoms with Gasteiger partial charge in [-0.15, -0.1) is 11.3 Å². The van der Waals surface area contributed by atoms with Gasteiger partial charge in [0, 0.05) is 55.4 Å². The predicted molar refractivity (Wildman–Crippen MR) is 180 cm³/mol. The Bertz CT molecular complexity index is 1550. The normalized spacial score (nSPS) is 24.5. The van der Waals surface area contributed by atoms with Crippen LogP contribution < -0.4 is 16.0 Å². The Morgan fingerprint density at radius 2 is 1.91 bits per heavy atom. The molecule has 4 heterocycles. The van der Waals surface area contributed by atoms with Crippen molar-refractivity contribution in [2.75, 3.05) is 38.2 Å². The lowest BCUT2D eigenvalue weighted by Crippen LogP contribution is -2.58. The minimum Gasteiger partial charge on any atom is -0.381 e. The average molecular weight is 642 g/mol. The lowest BCUT2D eigenvalue weighted by Gasteiger charge is -2.40. The molecule has 3 aliphatic heterocycles. The number of benzene rings is 2. The summed E-state index contributed by atoms with van der Waals surface area (Å²) in [5.74, 6) is -0.150.